The maximum Gasteiger partial charge on any atom is 0.251 e. The number of nitrogens with one attached hydrogen (secondary N) is 2. The maximum absolute atomic E-state index is 12.5. The number of imide groups is 1. The summed E-state index contributed by atoms with van der Waals surface area (Å²) in [7, 11) is 0. The highest BCUT2D eigenvalue weighted by Gasteiger charge is 2.47. The predicted molar refractivity (Wildman–Crippen MR) is 109 cm³/mol. The molecule has 0 spiro atoms. The van der Waals surface area contributed by atoms with Crippen molar-refractivity contribution in [3.8, 4) is 0 Å². The number of nitrogens with zero attached hydrogens (tertiary/aromatic N) is 1. The third kappa shape index (κ3) is 4.78. The largest absolute Gasteiger partial charge is 0.350 e. The predicted octanol–water partition coefficient (Wildman–Crippen LogP) is 2.98. The van der Waals surface area contributed by atoms with E-state index >= 15 is 0 Å². The second-order valence-corrected chi connectivity index (χ2v) is 8.35. The first-order valence-corrected chi connectivity index (χ1v) is 10.4. The second-order valence-electron chi connectivity index (χ2n) is 7.95. The van der Waals surface area contributed by atoms with Crippen LogP contribution in [0, 0.1) is 11.8 Å². The minimum absolute atomic E-state index is 0.0181. The van der Waals surface area contributed by atoms with Crippen LogP contribution < -0.4 is 10.6 Å². The van der Waals surface area contributed by atoms with Gasteiger partial charge in [-0.15, -0.1) is 0 Å². The number of anilines is 1. The minimum atomic E-state index is -0.371. The molecule has 1 aliphatic carbocycles. The van der Waals surface area contributed by atoms with Gasteiger partial charge in [0.2, 0.25) is 17.7 Å². The number of hydrogen-bond acceptors (Lipinski definition) is 4. The molecule has 156 valence electrons. The van der Waals surface area contributed by atoms with E-state index in [0.717, 1.165) is 25.7 Å². The van der Waals surface area contributed by atoms with Crippen molar-refractivity contribution in [2.75, 3.05) is 11.9 Å². The molecule has 1 saturated heterocycles. The number of likely N-dealkylation sites (tertiary alicyclic amines) is 1. The summed E-state index contributed by atoms with van der Waals surface area (Å²) in [5, 5.41) is 5.76. The van der Waals surface area contributed by atoms with Gasteiger partial charge in [-0.25, -0.2) is 0 Å². The van der Waals surface area contributed by atoms with Crippen LogP contribution in [0.25, 0.3) is 0 Å². The zero-order valence-electron chi connectivity index (χ0n) is 16.7. The highest BCUT2D eigenvalue weighted by molar-refractivity contribution is 6.33. The van der Waals surface area contributed by atoms with Crippen LogP contribution in [0.15, 0.2) is 18.2 Å². The van der Waals surface area contributed by atoms with Crippen molar-refractivity contribution in [1.82, 2.24) is 10.2 Å². The standard InChI is InChI=1S/C21H26ClN3O4/c1-12(2)23-19(27)13-7-8-16(22)17(11-13)24-18(26)9-10-25-20(28)14-5-3-4-6-15(14)21(25)29/h7-8,11-12,14-15H,3-6,9-10H2,1-2H3,(H,23,27)(H,24,26). The highest BCUT2D eigenvalue weighted by Crippen LogP contribution is 2.38. The first-order chi connectivity index (χ1) is 13.8. The van der Waals surface area contributed by atoms with E-state index in [2.05, 4.69) is 10.6 Å². The lowest BCUT2D eigenvalue weighted by molar-refractivity contribution is -0.140. The summed E-state index contributed by atoms with van der Waals surface area (Å²) in [5.74, 6) is -1.38. The molecule has 1 aromatic carbocycles. The molecule has 0 bridgehead atoms. The van der Waals surface area contributed by atoms with Gasteiger partial charge < -0.3 is 10.6 Å². The number of carbonyl (C=O) groups excluding carboxylic acids is 4. The lowest BCUT2D eigenvalue weighted by atomic mass is 9.81. The lowest BCUT2D eigenvalue weighted by Crippen LogP contribution is -2.34. The molecule has 1 aliphatic heterocycles. The van der Waals surface area contributed by atoms with Gasteiger partial charge >= 0.3 is 0 Å². The van der Waals surface area contributed by atoms with Crippen molar-refractivity contribution in [3.05, 3.63) is 28.8 Å². The lowest BCUT2D eigenvalue weighted by Gasteiger charge is -2.19. The fourth-order valence-corrected chi connectivity index (χ4v) is 4.15. The Kier molecular flexibility index (Phi) is 6.57. The van der Waals surface area contributed by atoms with Crippen molar-refractivity contribution in [2.24, 2.45) is 11.8 Å². The van der Waals surface area contributed by atoms with Gasteiger partial charge in [0, 0.05) is 24.6 Å². The molecule has 1 heterocycles. The number of halogens is 1. The molecule has 1 aromatic rings. The fourth-order valence-electron chi connectivity index (χ4n) is 3.99. The Morgan fingerprint density at radius 2 is 1.76 bits per heavy atom. The van der Waals surface area contributed by atoms with Crippen LogP contribution in [0.1, 0.15) is 56.3 Å². The Bertz CT molecular complexity index is 815. The molecule has 29 heavy (non-hydrogen) atoms. The zero-order chi connectivity index (χ0) is 21.1. The third-order valence-electron chi connectivity index (χ3n) is 5.42. The average Bonchev–Trinajstić information content (AvgIpc) is 2.92. The summed E-state index contributed by atoms with van der Waals surface area (Å²) >= 11 is 6.14. The average molecular weight is 420 g/mol. The van der Waals surface area contributed by atoms with Crippen molar-refractivity contribution in [2.45, 2.75) is 52.0 Å². The van der Waals surface area contributed by atoms with Crippen molar-refractivity contribution >= 4 is 40.9 Å². The molecule has 4 amide bonds. The Hall–Kier alpha value is -2.41. The van der Waals surface area contributed by atoms with E-state index in [1.54, 1.807) is 12.1 Å². The number of fused-ring (bicyclic) bond motifs is 1. The topological polar surface area (TPSA) is 95.6 Å². The number of carbonyl (C=O) groups is 4. The quantitative estimate of drug-likeness (QED) is 0.693. The fraction of sp³-hybridized carbons (Fsp3) is 0.524. The summed E-state index contributed by atoms with van der Waals surface area (Å²) in [6, 6.07) is 4.62. The summed E-state index contributed by atoms with van der Waals surface area (Å²) in [6.45, 7) is 3.77. The molecule has 1 saturated carbocycles. The molecule has 2 aliphatic rings. The Morgan fingerprint density at radius 3 is 2.34 bits per heavy atom. The first-order valence-electron chi connectivity index (χ1n) is 10.0. The number of hydrogen-bond donors (Lipinski definition) is 2. The molecule has 3 rings (SSSR count). The third-order valence-corrected chi connectivity index (χ3v) is 5.75. The van der Waals surface area contributed by atoms with Gasteiger partial charge in [0.1, 0.15) is 0 Å². The van der Waals surface area contributed by atoms with E-state index in [4.69, 9.17) is 11.6 Å². The van der Waals surface area contributed by atoms with Gasteiger partial charge in [0.05, 0.1) is 22.5 Å². The van der Waals surface area contributed by atoms with Crippen LogP contribution in [-0.2, 0) is 14.4 Å². The van der Waals surface area contributed by atoms with Crippen LogP contribution in [-0.4, -0.2) is 41.1 Å². The van der Waals surface area contributed by atoms with E-state index in [0.29, 0.717) is 16.3 Å². The van der Waals surface area contributed by atoms with E-state index < -0.39 is 0 Å². The Balaban J connectivity index is 1.60. The van der Waals surface area contributed by atoms with Crippen LogP contribution >= 0.6 is 11.6 Å². The SMILES string of the molecule is CC(C)NC(=O)c1ccc(Cl)c(NC(=O)CCN2C(=O)C3CCCCC3C2=O)c1. The Labute approximate surface area is 175 Å². The zero-order valence-corrected chi connectivity index (χ0v) is 17.4. The van der Waals surface area contributed by atoms with E-state index in [-0.39, 0.29) is 54.5 Å². The summed E-state index contributed by atoms with van der Waals surface area (Å²) in [4.78, 5) is 50.8. The Morgan fingerprint density at radius 1 is 1.14 bits per heavy atom. The van der Waals surface area contributed by atoms with Crippen LogP contribution in [0.4, 0.5) is 5.69 Å². The van der Waals surface area contributed by atoms with Crippen LogP contribution in [0.2, 0.25) is 5.02 Å². The molecule has 2 atom stereocenters. The molecule has 0 aromatic heterocycles. The molecular weight excluding hydrogens is 394 g/mol. The van der Waals surface area contributed by atoms with Crippen molar-refractivity contribution < 1.29 is 19.2 Å². The van der Waals surface area contributed by atoms with Crippen molar-refractivity contribution in [3.63, 3.8) is 0 Å². The van der Waals surface area contributed by atoms with E-state index in [1.807, 2.05) is 13.8 Å². The smallest absolute Gasteiger partial charge is 0.251 e. The highest BCUT2D eigenvalue weighted by atomic mass is 35.5. The van der Waals surface area contributed by atoms with E-state index in [1.165, 1.54) is 11.0 Å². The van der Waals surface area contributed by atoms with Gasteiger partial charge in [-0.1, -0.05) is 24.4 Å². The summed E-state index contributed by atoms with van der Waals surface area (Å²) in [5.41, 5.74) is 0.702. The van der Waals surface area contributed by atoms with Crippen LogP contribution in [0.5, 0.6) is 0 Å². The molecule has 2 fully saturated rings. The maximum atomic E-state index is 12.5. The van der Waals surface area contributed by atoms with Gasteiger partial charge in [-0.3, -0.25) is 24.1 Å². The normalized spacial score (nSPS) is 21.3. The minimum Gasteiger partial charge on any atom is -0.350 e. The number of amides is 4. The monoisotopic (exact) mass is 419 g/mol. The molecule has 0 radical (unpaired) electrons. The molecule has 8 heteroatoms. The molecule has 7 nitrogen and oxygen atoms in total. The second kappa shape index (κ2) is 8.95. The summed E-state index contributed by atoms with van der Waals surface area (Å²) in [6.07, 6.45) is 3.41. The molecular formula is C21H26ClN3O4. The van der Waals surface area contributed by atoms with Gasteiger partial charge in [0.15, 0.2) is 0 Å². The van der Waals surface area contributed by atoms with Crippen molar-refractivity contribution in [1.29, 1.82) is 0 Å². The van der Waals surface area contributed by atoms with Crippen LogP contribution in [0.3, 0.4) is 0 Å². The molecule has 2 unspecified atom stereocenters. The molecule has 2 N–H and O–H groups in total. The van der Waals surface area contributed by atoms with Gasteiger partial charge in [-0.2, -0.15) is 0 Å². The van der Waals surface area contributed by atoms with Gasteiger partial charge in [-0.05, 0) is 44.9 Å². The number of benzene rings is 1. The summed E-state index contributed by atoms with van der Waals surface area (Å²) < 4.78 is 0. The first kappa shape index (κ1) is 21.3. The van der Waals surface area contributed by atoms with E-state index in [9.17, 15) is 19.2 Å². The van der Waals surface area contributed by atoms with Gasteiger partial charge in [0.25, 0.3) is 5.91 Å². The number of rotatable bonds is 6.